The van der Waals surface area contributed by atoms with Crippen LogP contribution in [-0.4, -0.2) is 20.0 Å². The van der Waals surface area contributed by atoms with Crippen LogP contribution in [0.25, 0.3) is 0 Å². The van der Waals surface area contributed by atoms with Crippen LogP contribution in [-0.2, 0) is 30.2 Å². The lowest BCUT2D eigenvalue weighted by Crippen LogP contribution is -2.22. The molecule has 0 aliphatic heterocycles. The molecular weight excluding hydrogens is 293 g/mol. The zero-order valence-corrected chi connectivity index (χ0v) is 12.7. The third-order valence-corrected chi connectivity index (χ3v) is 4.50. The van der Waals surface area contributed by atoms with Gasteiger partial charge in [-0.15, -0.1) is 0 Å². The van der Waals surface area contributed by atoms with Crippen molar-refractivity contribution >= 4 is 10.0 Å². The van der Waals surface area contributed by atoms with Crippen molar-refractivity contribution in [2.24, 2.45) is 7.05 Å². The molecule has 21 heavy (non-hydrogen) atoms. The molecular formula is C14H18FN3O2S. The Morgan fingerprint density at radius 2 is 1.86 bits per heavy atom. The van der Waals surface area contributed by atoms with E-state index in [0.29, 0.717) is 12.1 Å². The fourth-order valence-corrected chi connectivity index (χ4v) is 3.06. The number of aryl methyl sites for hydroxylation is 1. The maximum absolute atomic E-state index is 12.8. The molecule has 7 heteroatoms. The number of sulfonamides is 1. The van der Waals surface area contributed by atoms with Gasteiger partial charge < -0.3 is 9.88 Å². The number of rotatable bonds is 6. The third kappa shape index (κ3) is 3.90. The predicted octanol–water partition coefficient (Wildman–Crippen LogP) is 1.36. The van der Waals surface area contributed by atoms with Crippen molar-refractivity contribution in [2.75, 3.05) is 7.05 Å². The SMILES string of the molecule is CNCc1cc(S(=O)(=O)NCc2ccc(F)cc2)cn1C. The van der Waals surface area contributed by atoms with E-state index in [2.05, 4.69) is 10.0 Å². The zero-order chi connectivity index (χ0) is 15.5. The summed E-state index contributed by atoms with van der Waals surface area (Å²) in [5, 5.41) is 2.98. The van der Waals surface area contributed by atoms with Gasteiger partial charge in [0.1, 0.15) is 5.82 Å². The van der Waals surface area contributed by atoms with E-state index in [4.69, 9.17) is 0 Å². The molecule has 0 radical (unpaired) electrons. The first-order chi connectivity index (χ1) is 9.92. The number of aromatic nitrogens is 1. The van der Waals surface area contributed by atoms with Crippen molar-refractivity contribution < 1.29 is 12.8 Å². The second-order valence-electron chi connectivity index (χ2n) is 4.76. The molecule has 0 bridgehead atoms. The molecule has 0 atom stereocenters. The van der Waals surface area contributed by atoms with E-state index in [1.54, 1.807) is 43.1 Å². The number of nitrogens with one attached hydrogen (secondary N) is 2. The minimum atomic E-state index is -3.58. The molecule has 0 amide bonds. The highest BCUT2D eigenvalue weighted by molar-refractivity contribution is 7.89. The van der Waals surface area contributed by atoms with E-state index in [1.807, 2.05) is 0 Å². The minimum absolute atomic E-state index is 0.124. The number of nitrogens with zero attached hydrogens (tertiary/aromatic N) is 1. The van der Waals surface area contributed by atoms with Crippen molar-refractivity contribution in [1.29, 1.82) is 0 Å². The summed E-state index contributed by atoms with van der Waals surface area (Å²) < 4.78 is 41.5. The summed E-state index contributed by atoms with van der Waals surface area (Å²) in [6, 6.07) is 7.34. The molecule has 2 rings (SSSR count). The van der Waals surface area contributed by atoms with Crippen LogP contribution in [0, 0.1) is 5.82 Å². The summed E-state index contributed by atoms with van der Waals surface area (Å²) in [6.45, 7) is 0.711. The fraction of sp³-hybridized carbons (Fsp3) is 0.286. The molecule has 1 aromatic heterocycles. The normalized spacial score (nSPS) is 11.8. The Morgan fingerprint density at radius 3 is 2.48 bits per heavy atom. The van der Waals surface area contributed by atoms with Crippen LogP contribution in [0.5, 0.6) is 0 Å². The Morgan fingerprint density at radius 1 is 1.19 bits per heavy atom. The average molecular weight is 311 g/mol. The first-order valence-corrected chi connectivity index (χ1v) is 7.94. The lowest BCUT2D eigenvalue weighted by atomic mass is 10.2. The van der Waals surface area contributed by atoms with Crippen LogP contribution < -0.4 is 10.0 Å². The summed E-state index contributed by atoms with van der Waals surface area (Å²) in [5.41, 5.74) is 1.58. The van der Waals surface area contributed by atoms with Crippen LogP contribution >= 0.6 is 0 Å². The van der Waals surface area contributed by atoms with E-state index >= 15 is 0 Å². The van der Waals surface area contributed by atoms with E-state index in [-0.39, 0.29) is 17.3 Å². The maximum Gasteiger partial charge on any atom is 0.242 e. The molecule has 114 valence electrons. The Balaban J connectivity index is 2.11. The largest absolute Gasteiger partial charge is 0.352 e. The minimum Gasteiger partial charge on any atom is -0.352 e. The lowest BCUT2D eigenvalue weighted by molar-refractivity contribution is 0.581. The summed E-state index contributed by atoms with van der Waals surface area (Å²) in [5.74, 6) is -0.346. The average Bonchev–Trinajstić information content (AvgIpc) is 2.81. The van der Waals surface area contributed by atoms with Gasteiger partial charge in [0.25, 0.3) is 0 Å². The Kier molecular flexibility index (Phi) is 4.76. The van der Waals surface area contributed by atoms with Crippen molar-refractivity contribution in [1.82, 2.24) is 14.6 Å². The van der Waals surface area contributed by atoms with Crippen LogP contribution in [0.4, 0.5) is 4.39 Å². The van der Waals surface area contributed by atoms with Gasteiger partial charge in [-0.1, -0.05) is 12.1 Å². The summed E-state index contributed by atoms with van der Waals surface area (Å²) >= 11 is 0. The van der Waals surface area contributed by atoms with Gasteiger partial charge in [-0.2, -0.15) is 0 Å². The molecule has 2 aromatic rings. The molecule has 1 aromatic carbocycles. The molecule has 0 fully saturated rings. The van der Waals surface area contributed by atoms with Gasteiger partial charge in [0.2, 0.25) is 10.0 Å². The first kappa shape index (κ1) is 15.7. The van der Waals surface area contributed by atoms with E-state index in [0.717, 1.165) is 5.69 Å². The van der Waals surface area contributed by atoms with Crippen molar-refractivity contribution in [3.63, 3.8) is 0 Å². The number of halogens is 1. The topological polar surface area (TPSA) is 63.1 Å². The fourth-order valence-electron chi connectivity index (χ4n) is 1.94. The Labute approximate surface area is 123 Å². The van der Waals surface area contributed by atoms with Gasteiger partial charge >= 0.3 is 0 Å². The van der Waals surface area contributed by atoms with Crippen LogP contribution in [0.15, 0.2) is 41.4 Å². The van der Waals surface area contributed by atoms with Gasteiger partial charge in [0, 0.05) is 32.0 Å². The molecule has 0 saturated carbocycles. The second kappa shape index (κ2) is 6.38. The van der Waals surface area contributed by atoms with Crippen molar-refractivity contribution in [3.05, 3.63) is 53.6 Å². The van der Waals surface area contributed by atoms with Gasteiger partial charge in [-0.3, -0.25) is 0 Å². The highest BCUT2D eigenvalue weighted by atomic mass is 32.2. The van der Waals surface area contributed by atoms with E-state index < -0.39 is 10.0 Å². The maximum atomic E-state index is 12.8. The van der Waals surface area contributed by atoms with E-state index in [9.17, 15) is 12.8 Å². The van der Waals surface area contributed by atoms with Gasteiger partial charge in [-0.25, -0.2) is 17.5 Å². The quantitative estimate of drug-likeness (QED) is 0.847. The highest BCUT2D eigenvalue weighted by Crippen LogP contribution is 2.14. The molecule has 0 unspecified atom stereocenters. The number of benzene rings is 1. The molecule has 1 heterocycles. The van der Waals surface area contributed by atoms with Crippen LogP contribution in [0.1, 0.15) is 11.3 Å². The van der Waals surface area contributed by atoms with Crippen LogP contribution in [0.2, 0.25) is 0 Å². The number of hydrogen-bond acceptors (Lipinski definition) is 3. The molecule has 0 aliphatic carbocycles. The summed E-state index contributed by atoms with van der Waals surface area (Å²) in [6.07, 6.45) is 1.57. The molecule has 0 aliphatic rings. The van der Waals surface area contributed by atoms with Crippen molar-refractivity contribution in [2.45, 2.75) is 18.0 Å². The molecule has 0 spiro atoms. The Hall–Kier alpha value is -1.70. The molecule has 2 N–H and O–H groups in total. The third-order valence-electron chi connectivity index (χ3n) is 3.13. The monoisotopic (exact) mass is 311 g/mol. The zero-order valence-electron chi connectivity index (χ0n) is 11.9. The van der Waals surface area contributed by atoms with Crippen LogP contribution in [0.3, 0.4) is 0 Å². The number of hydrogen-bond donors (Lipinski definition) is 2. The second-order valence-corrected chi connectivity index (χ2v) is 6.53. The summed E-state index contributed by atoms with van der Waals surface area (Å²) in [4.78, 5) is 0.220. The predicted molar refractivity (Wildman–Crippen MR) is 78.6 cm³/mol. The van der Waals surface area contributed by atoms with Crippen molar-refractivity contribution in [3.8, 4) is 0 Å². The first-order valence-electron chi connectivity index (χ1n) is 6.46. The standard InChI is InChI=1S/C14H18FN3O2S/c1-16-9-13-7-14(10-18(13)2)21(19,20)17-8-11-3-5-12(15)6-4-11/h3-7,10,16-17H,8-9H2,1-2H3. The molecule has 5 nitrogen and oxygen atoms in total. The van der Waals surface area contributed by atoms with Gasteiger partial charge in [0.05, 0.1) is 4.90 Å². The smallest absolute Gasteiger partial charge is 0.242 e. The molecule has 0 saturated heterocycles. The lowest BCUT2D eigenvalue weighted by Gasteiger charge is -2.05. The van der Waals surface area contributed by atoms with Gasteiger partial charge in [-0.05, 0) is 30.8 Å². The highest BCUT2D eigenvalue weighted by Gasteiger charge is 2.17. The summed E-state index contributed by atoms with van der Waals surface area (Å²) in [7, 11) is 0.0159. The Bertz CT molecular complexity index is 708. The van der Waals surface area contributed by atoms with Gasteiger partial charge in [0.15, 0.2) is 0 Å². The van der Waals surface area contributed by atoms with E-state index in [1.165, 1.54) is 12.1 Å².